The molecule has 0 aromatic carbocycles. The third-order valence-corrected chi connectivity index (χ3v) is 5.48. The summed E-state index contributed by atoms with van der Waals surface area (Å²) in [4.78, 5) is 9.50. The standard InChI is InChI=1S/C20H35N5O/c1-16(2)25(17-8-9-17)13-10-22-20(21-3)23-15-18(19-7-6-14-26-19)24-11-4-5-12-24/h6-7,14,16-18H,4-5,8-13,15H2,1-3H3,(H2,21,22,23). The average Bonchev–Trinajstić information content (AvgIpc) is 3.11. The van der Waals surface area contributed by atoms with Crippen molar-refractivity contribution in [3.8, 4) is 0 Å². The molecule has 6 nitrogen and oxygen atoms in total. The van der Waals surface area contributed by atoms with Crippen LogP contribution in [0.15, 0.2) is 27.8 Å². The molecule has 2 N–H and O–H groups in total. The molecule has 1 saturated carbocycles. The van der Waals surface area contributed by atoms with Gasteiger partial charge in [0, 0.05) is 38.8 Å². The van der Waals surface area contributed by atoms with E-state index in [4.69, 9.17) is 4.42 Å². The maximum atomic E-state index is 5.70. The molecule has 6 heteroatoms. The van der Waals surface area contributed by atoms with Gasteiger partial charge in [-0.25, -0.2) is 0 Å². The minimum atomic E-state index is 0.268. The number of nitrogens with one attached hydrogen (secondary N) is 2. The van der Waals surface area contributed by atoms with Gasteiger partial charge in [-0.05, 0) is 64.8 Å². The maximum absolute atomic E-state index is 5.70. The molecular formula is C20H35N5O. The average molecular weight is 362 g/mol. The molecule has 2 heterocycles. The molecule has 1 aliphatic heterocycles. The van der Waals surface area contributed by atoms with Crippen molar-refractivity contribution >= 4 is 5.96 Å². The van der Waals surface area contributed by atoms with Gasteiger partial charge in [0.15, 0.2) is 5.96 Å². The fourth-order valence-corrected chi connectivity index (χ4v) is 3.93. The molecule has 3 rings (SSSR count). The Morgan fingerprint density at radius 2 is 2.08 bits per heavy atom. The molecule has 1 atom stereocenters. The molecule has 2 fully saturated rings. The monoisotopic (exact) mass is 361 g/mol. The van der Waals surface area contributed by atoms with Crippen LogP contribution in [0.2, 0.25) is 0 Å². The van der Waals surface area contributed by atoms with Gasteiger partial charge in [-0.1, -0.05) is 0 Å². The highest BCUT2D eigenvalue weighted by Gasteiger charge is 2.30. The van der Waals surface area contributed by atoms with Gasteiger partial charge in [-0.2, -0.15) is 0 Å². The Morgan fingerprint density at radius 3 is 2.65 bits per heavy atom. The smallest absolute Gasteiger partial charge is 0.191 e. The van der Waals surface area contributed by atoms with Crippen LogP contribution in [0.25, 0.3) is 0 Å². The van der Waals surface area contributed by atoms with Crippen molar-refractivity contribution in [2.45, 2.75) is 57.7 Å². The van der Waals surface area contributed by atoms with E-state index in [1.54, 1.807) is 6.26 Å². The van der Waals surface area contributed by atoms with Crippen LogP contribution in [0.3, 0.4) is 0 Å². The number of guanidine groups is 1. The van der Waals surface area contributed by atoms with Crippen LogP contribution in [-0.2, 0) is 0 Å². The molecule has 1 aromatic heterocycles. The largest absolute Gasteiger partial charge is 0.468 e. The summed E-state index contributed by atoms with van der Waals surface area (Å²) in [7, 11) is 1.84. The van der Waals surface area contributed by atoms with E-state index in [0.29, 0.717) is 6.04 Å². The third kappa shape index (κ3) is 5.24. The van der Waals surface area contributed by atoms with Gasteiger partial charge in [0.05, 0.1) is 12.3 Å². The summed E-state index contributed by atoms with van der Waals surface area (Å²) in [5, 5.41) is 6.98. The van der Waals surface area contributed by atoms with Crippen molar-refractivity contribution in [3.63, 3.8) is 0 Å². The second-order valence-electron chi connectivity index (χ2n) is 7.72. The fraction of sp³-hybridized carbons (Fsp3) is 0.750. The Hall–Kier alpha value is -1.53. The lowest BCUT2D eigenvalue weighted by molar-refractivity contribution is 0.212. The summed E-state index contributed by atoms with van der Waals surface area (Å²) in [6.07, 6.45) is 7.02. The highest BCUT2D eigenvalue weighted by Crippen LogP contribution is 2.28. The number of hydrogen-bond donors (Lipinski definition) is 2. The first-order valence-electron chi connectivity index (χ1n) is 10.2. The van der Waals surface area contributed by atoms with Crippen LogP contribution in [0.4, 0.5) is 0 Å². The number of rotatable bonds is 9. The van der Waals surface area contributed by atoms with Crippen molar-refractivity contribution in [2.24, 2.45) is 4.99 Å². The first-order chi connectivity index (χ1) is 12.7. The highest BCUT2D eigenvalue weighted by molar-refractivity contribution is 5.79. The number of hydrogen-bond acceptors (Lipinski definition) is 4. The van der Waals surface area contributed by atoms with Crippen molar-refractivity contribution < 1.29 is 4.42 Å². The normalized spacial score (nSPS) is 20.1. The summed E-state index contributed by atoms with van der Waals surface area (Å²) in [5.41, 5.74) is 0. The lowest BCUT2D eigenvalue weighted by atomic mass is 10.2. The van der Waals surface area contributed by atoms with Crippen LogP contribution < -0.4 is 10.6 Å². The molecule has 1 unspecified atom stereocenters. The zero-order valence-electron chi connectivity index (χ0n) is 16.6. The second-order valence-corrected chi connectivity index (χ2v) is 7.72. The first-order valence-corrected chi connectivity index (χ1v) is 10.2. The summed E-state index contributed by atoms with van der Waals surface area (Å²) < 4.78 is 5.70. The van der Waals surface area contributed by atoms with Gasteiger partial charge in [-0.3, -0.25) is 14.8 Å². The van der Waals surface area contributed by atoms with Crippen LogP contribution in [0, 0.1) is 0 Å². The van der Waals surface area contributed by atoms with Gasteiger partial charge >= 0.3 is 0 Å². The minimum absolute atomic E-state index is 0.268. The molecule has 0 amide bonds. The Labute approximate surface area is 158 Å². The van der Waals surface area contributed by atoms with Crippen molar-refractivity contribution in [3.05, 3.63) is 24.2 Å². The predicted molar refractivity (Wildman–Crippen MR) is 106 cm³/mol. The Morgan fingerprint density at radius 1 is 1.31 bits per heavy atom. The van der Waals surface area contributed by atoms with Gasteiger partial charge in [0.2, 0.25) is 0 Å². The Balaban J connectivity index is 1.47. The SMILES string of the molecule is CN=C(NCCN(C(C)C)C1CC1)NCC(c1ccco1)N1CCCC1. The lowest BCUT2D eigenvalue weighted by Crippen LogP contribution is -2.46. The number of aliphatic imine (C=N–C) groups is 1. The molecule has 0 spiro atoms. The molecular weight excluding hydrogens is 326 g/mol. The van der Waals surface area contributed by atoms with Crippen LogP contribution >= 0.6 is 0 Å². The Bertz CT molecular complexity index is 545. The van der Waals surface area contributed by atoms with Crippen molar-refractivity contribution in [1.29, 1.82) is 0 Å². The van der Waals surface area contributed by atoms with E-state index < -0.39 is 0 Å². The number of likely N-dealkylation sites (tertiary alicyclic amines) is 1. The topological polar surface area (TPSA) is 56.0 Å². The fourth-order valence-electron chi connectivity index (χ4n) is 3.93. The van der Waals surface area contributed by atoms with E-state index in [-0.39, 0.29) is 6.04 Å². The van der Waals surface area contributed by atoms with E-state index in [9.17, 15) is 0 Å². The van der Waals surface area contributed by atoms with Crippen LogP contribution in [-0.4, -0.2) is 67.6 Å². The zero-order valence-corrected chi connectivity index (χ0v) is 16.6. The summed E-state index contributed by atoms with van der Waals surface area (Å²) in [6, 6.07) is 5.73. The second kappa shape index (κ2) is 9.42. The summed E-state index contributed by atoms with van der Waals surface area (Å²) >= 11 is 0. The third-order valence-electron chi connectivity index (χ3n) is 5.48. The molecule has 1 saturated heterocycles. The molecule has 1 aliphatic carbocycles. The first kappa shape index (κ1) is 19.2. The lowest BCUT2D eigenvalue weighted by Gasteiger charge is -2.28. The molecule has 1 aromatic rings. The molecule has 0 radical (unpaired) electrons. The van der Waals surface area contributed by atoms with Gasteiger partial charge in [0.25, 0.3) is 0 Å². The highest BCUT2D eigenvalue weighted by atomic mass is 16.3. The molecule has 26 heavy (non-hydrogen) atoms. The summed E-state index contributed by atoms with van der Waals surface area (Å²) in [5.74, 6) is 1.91. The number of furan rings is 1. The maximum Gasteiger partial charge on any atom is 0.191 e. The quantitative estimate of drug-likeness (QED) is 0.523. The van der Waals surface area contributed by atoms with E-state index >= 15 is 0 Å². The van der Waals surface area contributed by atoms with Gasteiger partial charge < -0.3 is 15.1 Å². The van der Waals surface area contributed by atoms with Crippen molar-refractivity contribution in [2.75, 3.05) is 39.8 Å². The van der Waals surface area contributed by atoms with Gasteiger partial charge in [-0.15, -0.1) is 0 Å². The van der Waals surface area contributed by atoms with Crippen LogP contribution in [0.5, 0.6) is 0 Å². The molecule has 146 valence electrons. The predicted octanol–water partition coefficient (Wildman–Crippen LogP) is 2.45. The molecule has 2 aliphatic rings. The minimum Gasteiger partial charge on any atom is -0.468 e. The van der Waals surface area contributed by atoms with E-state index in [1.165, 1.54) is 25.7 Å². The van der Waals surface area contributed by atoms with E-state index in [2.05, 4.69) is 45.3 Å². The van der Waals surface area contributed by atoms with E-state index in [1.807, 2.05) is 13.1 Å². The van der Waals surface area contributed by atoms with Crippen molar-refractivity contribution in [1.82, 2.24) is 20.4 Å². The van der Waals surface area contributed by atoms with E-state index in [0.717, 1.165) is 50.5 Å². The van der Waals surface area contributed by atoms with Gasteiger partial charge in [0.1, 0.15) is 5.76 Å². The van der Waals surface area contributed by atoms with Crippen LogP contribution in [0.1, 0.15) is 51.3 Å². The summed E-state index contributed by atoms with van der Waals surface area (Å²) in [6.45, 7) is 9.66. The molecule has 0 bridgehead atoms. The Kier molecular flexibility index (Phi) is 6.97. The number of nitrogens with zero attached hydrogens (tertiary/aromatic N) is 3. The zero-order chi connectivity index (χ0) is 18.4.